The number of esters is 3. The first-order valence-electron chi connectivity index (χ1n) is 12.3. The van der Waals surface area contributed by atoms with Crippen molar-refractivity contribution in [3.63, 3.8) is 0 Å². The van der Waals surface area contributed by atoms with E-state index < -0.39 is 48.3 Å². The van der Waals surface area contributed by atoms with Gasteiger partial charge in [-0.15, -0.1) is 0 Å². The number of hydrogen-bond donors (Lipinski definition) is 4. The third-order valence-corrected chi connectivity index (χ3v) is 5.44. The van der Waals surface area contributed by atoms with E-state index >= 15 is 0 Å². The van der Waals surface area contributed by atoms with Gasteiger partial charge in [0.25, 0.3) is 5.60 Å². The van der Waals surface area contributed by atoms with Crippen LogP contribution in [0.1, 0.15) is 104 Å². The highest BCUT2D eigenvalue weighted by Gasteiger charge is 2.56. The molecule has 0 saturated carbocycles. The molecule has 10 heteroatoms. The van der Waals surface area contributed by atoms with Crippen LogP contribution in [0.2, 0.25) is 0 Å². The molecule has 0 bridgehead atoms. The Morgan fingerprint density at radius 3 is 1.65 bits per heavy atom. The van der Waals surface area contributed by atoms with Gasteiger partial charge in [-0.25, -0.2) is 4.79 Å². The largest absolute Gasteiger partial charge is 0.431 e. The Bertz CT molecular complexity index is 621. The monoisotopic (exact) mass is 490 g/mol. The van der Waals surface area contributed by atoms with Gasteiger partial charge in [0.2, 0.25) is 12.1 Å². The summed E-state index contributed by atoms with van der Waals surface area (Å²) in [6, 6.07) is 0. The Hall–Kier alpha value is -1.88. The third kappa shape index (κ3) is 12.0. The maximum atomic E-state index is 12.4. The maximum Gasteiger partial charge on any atom is 0.360 e. The van der Waals surface area contributed by atoms with Crippen LogP contribution in [0.25, 0.3) is 0 Å². The van der Waals surface area contributed by atoms with Crippen molar-refractivity contribution in [3.8, 4) is 0 Å². The zero-order valence-electron chi connectivity index (χ0n) is 20.5. The number of hydrogen-bond acceptors (Lipinski definition) is 10. The number of Topliss-reactive ketones (excluding diaryl/α,β-unsaturated/α-hetero) is 1. The molecule has 0 aromatic carbocycles. The zero-order chi connectivity index (χ0) is 26.0. The Morgan fingerprint density at radius 2 is 1.18 bits per heavy atom. The SMILES string of the molecule is CCCCCCCCCC(=O)OC(=O)C(O)(C(=O)C(O)CO)C(O)OC(=O)CCCCCCC. The minimum atomic E-state index is -3.57. The van der Waals surface area contributed by atoms with Gasteiger partial charge in [0.05, 0.1) is 6.61 Å². The van der Waals surface area contributed by atoms with E-state index in [0.717, 1.165) is 64.2 Å². The van der Waals surface area contributed by atoms with E-state index in [1.165, 1.54) is 0 Å². The lowest BCUT2D eigenvalue weighted by atomic mass is 9.93. The number of rotatable bonds is 20. The third-order valence-electron chi connectivity index (χ3n) is 5.44. The minimum absolute atomic E-state index is 0.139. The molecule has 0 fully saturated rings. The molecule has 0 heterocycles. The fourth-order valence-corrected chi connectivity index (χ4v) is 3.26. The number of carbonyl (C=O) groups excluding carboxylic acids is 4. The summed E-state index contributed by atoms with van der Waals surface area (Å²) in [7, 11) is 0. The van der Waals surface area contributed by atoms with Crippen molar-refractivity contribution in [3.05, 3.63) is 0 Å². The summed E-state index contributed by atoms with van der Waals surface area (Å²) in [5, 5.41) is 39.4. The molecule has 0 spiro atoms. The molecular formula is C24H42O10. The van der Waals surface area contributed by atoms with Crippen LogP contribution in [0, 0.1) is 0 Å². The summed E-state index contributed by atoms with van der Waals surface area (Å²) < 4.78 is 9.14. The molecule has 0 saturated heterocycles. The predicted octanol–water partition coefficient (Wildman–Crippen LogP) is 2.07. The molecule has 0 aliphatic heterocycles. The fourth-order valence-electron chi connectivity index (χ4n) is 3.26. The lowest BCUT2D eigenvalue weighted by Gasteiger charge is -2.29. The van der Waals surface area contributed by atoms with Crippen LogP contribution in [-0.2, 0) is 28.7 Å². The summed E-state index contributed by atoms with van der Waals surface area (Å²) in [6.45, 7) is 2.95. The van der Waals surface area contributed by atoms with E-state index in [0.29, 0.717) is 12.8 Å². The van der Waals surface area contributed by atoms with Gasteiger partial charge in [-0.3, -0.25) is 14.4 Å². The van der Waals surface area contributed by atoms with Crippen LogP contribution >= 0.6 is 0 Å². The number of ether oxygens (including phenoxy) is 2. The number of unbranched alkanes of at least 4 members (excludes halogenated alkanes) is 10. The van der Waals surface area contributed by atoms with E-state index in [1.54, 1.807) is 0 Å². The highest BCUT2D eigenvalue weighted by molar-refractivity contribution is 6.11. The van der Waals surface area contributed by atoms with Crippen molar-refractivity contribution in [2.75, 3.05) is 6.61 Å². The van der Waals surface area contributed by atoms with Crippen LogP contribution < -0.4 is 0 Å². The Morgan fingerprint density at radius 1 is 0.735 bits per heavy atom. The van der Waals surface area contributed by atoms with Gasteiger partial charge in [0, 0.05) is 12.8 Å². The highest BCUT2D eigenvalue weighted by atomic mass is 16.7. The topological polar surface area (TPSA) is 168 Å². The first kappa shape index (κ1) is 32.1. The second-order valence-electron chi connectivity index (χ2n) is 8.47. The van der Waals surface area contributed by atoms with Gasteiger partial charge in [0.15, 0.2) is 0 Å². The fraction of sp³-hybridized carbons (Fsp3) is 0.833. The van der Waals surface area contributed by atoms with Gasteiger partial charge >= 0.3 is 17.9 Å². The highest BCUT2D eigenvalue weighted by Crippen LogP contribution is 2.21. The molecule has 198 valence electrons. The van der Waals surface area contributed by atoms with Crippen molar-refractivity contribution in [2.45, 2.75) is 122 Å². The molecule has 4 N–H and O–H groups in total. The summed E-state index contributed by atoms with van der Waals surface area (Å²) in [6.07, 6.45) is 5.12. The quantitative estimate of drug-likeness (QED) is 0.0858. The Balaban J connectivity index is 4.96. The average Bonchev–Trinajstić information content (AvgIpc) is 2.81. The summed E-state index contributed by atoms with van der Waals surface area (Å²) in [5.74, 6) is -5.68. The second kappa shape index (κ2) is 18.4. The first-order valence-corrected chi connectivity index (χ1v) is 12.3. The van der Waals surface area contributed by atoms with E-state index in [1.807, 2.05) is 6.92 Å². The lowest BCUT2D eigenvalue weighted by molar-refractivity contribution is -0.225. The molecule has 0 amide bonds. The molecule has 3 unspecified atom stereocenters. The van der Waals surface area contributed by atoms with Crippen LogP contribution in [0.3, 0.4) is 0 Å². The molecule has 3 atom stereocenters. The lowest BCUT2D eigenvalue weighted by Crippen LogP contribution is -2.61. The maximum absolute atomic E-state index is 12.4. The van der Waals surface area contributed by atoms with Crippen molar-refractivity contribution in [1.29, 1.82) is 0 Å². The second-order valence-corrected chi connectivity index (χ2v) is 8.47. The summed E-state index contributed by atoms with van der Waals surface area (Å²) in [5.41, 5.74) is -3.57. The Kier molecular flexibility index (Phi) is 17.4. The molecule has 0 radical (unpaired) electrons. The van der Waals surface area contributed by atoms with Crippen molar-refractivity contribution in [2.24, 2.45) is 0 Å². The van der Waals surface area contributed by atoms with Gasteiger partial charge in [0.1, 0.15) is 6.10 Å². The molecule has 34 heavy (non-hydrogen) atoms. The number of aliphatic hydroxyl groups is 4. The zero-order valence-corrected chi connectivity index (χ0v) is 20.5. The standard InChI is InChI=1S/C24H42O10/c1-3-5-7-9-10-12-14-16-20(28)34-23(31)24(32,21(29)18(26)17-25)22(30)33-19(27)15-13-11-8-6-4-2/h18,22,25-26,30,32H,3-17H2,1-2H3. The van der Waals surface area contributed by atoms with Crippen LogP contribution in [0.15, 0.2) is 0 Å². The Labute approximate surface area is 201 Å². The molecule has 0 rings (SSSR count). The van der Waals surface area contributed by atoms with E-state index in [-0.39, 0.29) is 12.8 Å². The van der Waals surface area contributed by atoms with Crippen molar-refractivity contribution < 1.29 is 49.1 Å². The van der Waals surface area contributed by atoms with Crippen LogP contribution in [-0.4, -0.2) is 68.7 Å². The van der Waals surface area contributed by atoms with Crippen LogP contribution in [0.4, 0.5) is 0 Å². The van der Waals surface area contributed by atoms with Gasteiger partial charge in [-0.1, -0.05) is 78.1 Å². The smallest absolute Gasteiger partial charge is 0.360 e. The van der Waals surface area contributed by atoms with Crippen molar-refractivity contribution >= 4 is 23.7 Å². The molecule has 0 aliphatic carbocycles. The van der Waals surface area contributed by atoms with E-state index in [2.05, 4.69) is 16.4 Å². The predicted molar refractivity (Wildman–Crippen MR) is 122 cm³/mol. The van der Waals surface area contributed by atoms with Gasteiger partial charge in [-0.05, 0) is 12.8 Å². The van der Waals surface area contributed by atoms with Gasteiger partial charge in [-0.2, -0.15) is 0 Å². The summed E-state index contributed by atoms with van der Waals surface area (Å²) in [4.78, 5) is 48.8. The number of aliphatic hydroxyl groups excluding tert-OH is 3. The number of carbonyl (C=O) groups is 4. The van der Waals surface area contributed by atoms with E-state index in [9.17, 15) is 34.5 Å². The molecule has 0 aliphatic rings. The normalized spacial score (nSPS) is 14.6. The minimum Gasteiger partial charge on any atom is -0.431 e. The van der Waals surface area contributed by atoms with Crippen LogP contribution in [0.5, 0.6) is 0 Å². The van der Waals surface area contributed by atoms with Crippen molar-refractivity contribution in [1.82, 2.24) is 0 Å². The first-order chi connectivity index (χ1) is 16.1. The summed E-state index contributed by atoms with van der Waals surface area (Å²) >= 11 is 0. The average molecular weight is 491 g/mol. The molecule has 0 aromatic heterocycles. The molecular weight excluding hydrogens is 448 g/mol. The molecule has 0 aromatic rings. The molecule has 10 nitrogen and oxygen atoms in total. The van der Waals surface area contributed by atoms with Gasteiger partial charge < -0.3 is 29.9 Å². The van der Waals surface area contributed by atoms with E-state index in [4.69, 9.17) is 5.11 Å². The number of ketones is 1.